The highest BCUT2D eigenvalue weighted by molar-refractivity contribution is 5.47. The Hall–Kier alpha value is -1.09. The van der Waals surface area contributed by atoms with Gasteiger partial charge in [-0.2, -0.15) is 0 Å². The molecule has 1 aromatic heterocycles. The second-order valence-electron chi connectivity index (χ2n) is 5.21. The van der Waals surface area contributed by atoms with Crippen molar-refractivity contribution in [1.82, 2.24) is 4.98 Å². The van der Waals surface area contributed by atoms with Gasteiger partial charge in [0.1, 0.15) is 5.82 Å². The van der Waals surface area contributed by atoms with Gasteiger partial charge in [-0.05, 0) is 56.7 Å². The average molecular weight is 233 g/mol. The lowest BCUT2D eigenvalue weighted by Crippen LogP contribution is -2.31. The highest BCUT2D eigenvalue weighted by Crippen LogP contribution is 2.36. The van der Waals surface area contributed by atoms with Crippen molar-refractivity contribution < 1.29 is 0 Å². The molecule has 0 bridgehead atoms. The lowest BCUT2D eigenvalue weighted by molar-refractivity contribution is 0.602. The molecule has 1 saturated carbocycles. The number of anilines is 1. The Labute approximate surface area is 104 Å². The minimum atomic E-state index is 0.599. The number of aryl methyl sites for hydroxylation is 1. The van der Waals surface area contributed by atoms with Crippen molar-refractivity contribution in [3.63, 3.8) is 0 Å². The highest BCUT2D eigenvalue weighted by atomic mass is 15.2. The smallest absolute Gasteiger partial charge is 0.131 e. The summed E-state index contributed by atoms with van der Waals surface area (Å²) in [6.07, 6.45) is 5.62. The third-order valence-electron chi connectivity index (χ3n) is 3.79. The minimum absolute atomic E-state index is 0.599. The van der Waals surface area contributed by atoms with Gasteiger partial charge >= 0.3 is 0 Å². The summed E-state index contributed by atoms with van der Waals surface area (Å²) in [5.74, 6) is 1.98. The number of nitrogens with two attached hydrogens (primary N) is 1. The van der Waals surface area contributed by atoms with Crippen LogP contribution in [0.5, 0.6) is 0 Å². The first-order valence-corrected chi connectivity index (χ1v) is 6.52. The molecule has 1 fully saturated rings. The van der Waals surface area contributed by atoms with E-state index in [4.69, 9.17) is 5.73 Å². The summed E-state index contributed by atoms with van der Waals surface area (Å²) < 4.78 is 0. The Balaban J connectivity index is 2.14. The van der Waals surface area contributed by atoms with Gasteiger partial charge in [-0.25, -0.2) is 4.98 Å². The zero-order valence-electron chi connectivity index (χ0n) is 11.1. The average Bonchev–Trinajstić information content (AvgIpc) is 3.12. The number of pyridine rings is 1. The van der Waals surface area contributed by atoms with Crippen LogP contribution < -0.4 is 10.6 Å². The van der Waals surface area contributed by atoms with Crippen LogP contribution in [-0.2, 0) is 6.42 Å². The van der Waals surface area contributed by atoms with E-state index in [2.05, 4.69) is 36.8 Å². The lowest BCUT2D eigenvalue weighted by atomic mass is 10.1. The topological polar surface area (TPSA) is 42.1 Å². The summed E-state index contributed by atoms with van der Waals surface area (Å²) in [6.45, 7) is 5.12. The van der Waals surface area contributed by atoms with Crippen molar-refractivity contribution in [3.05, 3.63) is 23.4 Å². The Morgan fingerprint density at radius 1 is 1.53 bits per heavy atom. The maximum absolute atomic E-state index is 5.57. The van der Waals surface area contributed by atoms with Crippen LogP contribution in [0.25, 0.3) is 0 Å². The fraction of sp³-hybridized carbons (Fsp3) is 0.643. The van der Waals surface area contributed by atoms with Gasteiger partial charge in [-0.1, -0.05) is 6.07 Å². The van der Waals surface area contributed by atoms with E-state index >= 15 is 0 Å². The molecule has 2 rings (SSSR count). The number of aromatic nitrogens is 1. The molecule has 0 aliphatic heterocycles. The summed E-state index contributed by atoms with van der Waals surface area (Å²) in [7, 11) is 2.15. The summed E-state index contributed by atoms with van der Waals surface area (Å²) in [5, 5.41) is 0. The highest BCUT2D eigenvalue weighted by Gasteiger charge is 2.31. The van der Waals surface area contributed by atoms with E-state index in [1.807, 2.05) is 6.20 Å². The molecule has 0 radical (unpaired) electrons. The first-order valence-electron chi connectivity index (χ1n) is 6.52. The van der Waals surface area contributed by atoms with Crippen LogP contribution in [0.2, 0.25) is 0 Å². The summed E-state index contributed by atoms with van der Waals surface area (Å²) in [4.78, 5) is 6.92. The molecule has 0 amide bonds. The molecule has 1 heterocycles. The van der Waals surface area contributed by atoms with E-state index in [1.54, 1.807) is 0 Å². The number of hydrogen-bond acceptors (Lipinski definition) is 3. The van der Waals surface area contributed by atoms with Crippen molar-refractivity contribution in [3.8, 4) is 0 Å². The van der Waals surface area contributed by atoms with Crippen LogP contribution in [0, 0.1) is 12.8 Å². The Morgan fingerprint density at radius 3 is 2.76 bits per heavy atom. The third-order valence-corrected chi connectivity index (χ3v) is 3.79. The van der Waals surface area contributed by atoms with Crippen molar-refractivity contribution in [2.24, 2.45) is 11.7 Å². The van der Waals surface area contributed by atoms with Gasteiger partial charge < -0.3 is 10.6 Å². The number of nitrogens with zero attached hydrogens (tertiary/aromatic N) is 2. The first-order chi connectivity index (χ1) is 8.13. The molecule has 1 aliphatic rings. The predicted octanol–water partition coefficient (Wildman–Crippen LogP) is 2.13. The summed E-state index contributed by atoms with van der Waals surface area (Å²) in [6, 6.07) is 2.81. The molecule has 94 valence electrons. The Morgan fingerprint density at radius 2 is 2.24 bits per heavy atom. The van der Waals surface area contributed by atoms with Gasteiger partial charge in [-0.15, -0.1) is 0 Å². The molecule has 2 N–H and O–H groups in total. The van der Waals surface area contributed by atoms with Crippen LogP contribution >= 0.6 is 0 Å². The molecule has 3 heteroatoms. The van der Waals surface area contributed by atoms with Crippen molar-refractivity contribution in [2.75, 3.05) is 18.5 Å². The van der Waals surface area contributed by atoms with Crippen molar-refractivity contribution >= 4 is 5.82 Å². The second kappa shape index (κ2) is 5.05. The van der Waals surface area contributed by atoms with Crippen molar-refractivity contribution in [2.45, 2.75) is 39.2 Å². The van der Waals surface area contributed by atoms with E-state index in [1.165, 1.54) is 24.0 Å². The molecule has 1 unspecified atom stereocenters. The third kappa shape index (κ3) is 2.78. The maximum Gasteiger partial charge on any atom is 0.131 e. The van der Waals surface area contributed by atoms with E-state index in [0.717, 1.165) is 18.2 Å². The molecule has 0 aromatic carbocycles. The summed E-state index contributed by atoms with van der Waals surface area (Å²) >= 11 is 0. The fourth-order valence-corrected chi connectivity index (χ4v) is 2.39. The molecule has 3 nitrogen and oxygen atoms in total. The number of hydrogen-bond donors (Lipinski definition) is 1. The number of rotatable bonds is 5. The van der Waals surface area contributed by atoms with E-state index in [-0.39, 0.29) is 0 Å². The van der Waals surface area contributed by atoms with Gasteiger partial charge in [0, 0.05) is 19.3 Å². The van der Waals surface area contributed by atoms with Crippen LogP contribution in [0.3, 0.4) is 0 Å². The molecule has 0 saturated heterocycles. The molecule has 0 spiro atoms. The monoisotopic (exact) mass is 233 g/mol. The quantitative estimate of drug-likeness (QED) is 0.847. The Kier molecular flexibility index (Phi) is 3.67. The van der Waals surface area contributed by atoms with E-state index in [9.17, 15) is 0 Å². The normalized spacial score (nSPS) is 16.9. The largest absolute Gasteiger partial charge is 0.356 e. The SMILES string of the molecule is Cc1cc(CCN)cnc1N(C)C(C)C1CC1. The van der Waals surface area contributed by atoms with Gasteiger partial charge in [0.05, 0.1) is 0 Å². The van der Waals surface area contributed by atoms with Gasteiger partial charge in [0.25, 0.3) is 0 Å². The predicted molar refractivity (Wildman–Crippen MR) is 72.3 cm³/mol. The minimum Gasteiger partial charge on any atom is -0.356 e. The van der Waals surface area contributed by atoms with E-state index in [0.29, 0.717) is 12.6 Å². The second-order valence-corrected chi connectivity index (χ2v) is 5.21. The first kappa shape index (κ1) is 12.4. The van der Waals surface area contributed by atoms with Gasteiger partial charge in [-0.3, -0.25) is 0 Å². The molecular formula is C14H23N3. The molecule has 17 heavy (non-hydrogen) atoms. The van der Waals surface area contributed by atoms with Crippen LogP contribution in [-0.4, -0.2) is 24.6 Å². The van der Waals surface area contributed by atoms with Gasteiger partial charge in [0.15, 0.2) is 0 Å². The fourth-order valence-electron chi connectivity index (χ4n) is 2.39. The van der Waals surface area contributed by atoms with E-state index < -0.39 is 0 Å². The van der Waals surface area contributed by atoms with Crippen LogP contribution in [0.4, 0.5) is 5.82 Å². The van der Waals surface area contributed by atoms with Crippen molar-refractivity contribution in [1.29, 1.82) is 0 Å². The van der Waals surface area contributed by atoms with Crippen LogP contribution in [0.1, 0.15) is 30.9 Å². The molecular weight excluding hydrogens is 210 g/mol. The maximum atomic E-state index is 5.57. The Bertz CT molecular complexity index is 385. The standard InChI is InChI=1S/C14H23N3/c1-10-8-12(6-7-15)9-16-14(10)17(3)11(2)13-4-5-13/h8-9,11,13H,4-7,15H2,1-3H3. The van der Waals surface area contributed by atoms with Crippen LogP contribution in [0.15, 0.2) is 12.3 Å². The molecule has 1 atom stereocenters. The molecule has 1 aliphatic carbocycles. The zero-order chi connectivity index (χ0) is 12.4. The van der Waals surface area contributed by atoms with Gasteiger partial charge in [0.2, 0.25) is 0 Å². The molecule has 1 aromatic rings. The zero-order valence-corrected chi connectivity index (χ0v) is 11.1. The lowest BCUT2D eigenvalue weighted by Gasteiger charge is -2.27. The summed E-state index contributed by atoms with van der Waals surface area (Å²) in [5.41, 5.74) is 8.06.